The monoisotopic (exact) mass is 355 g/mol. The molecule has 1 unspecified atom stereocenters. The highest BCUT2D eigenvalue weighted by Crippen LogP contribution is 2.32. The van der Waals surface area contributed by atoms with Crippen LogP contribution in [0.1, 0.15) is 29.2 Å². The molecule has 0 saturated heterocycles. The predicted octanol–water partition coefficient (Wildman–Crippen LogP) is 2.92. The summed E-state index contributed by atoms with van der Waals surface area (Å²) in [5.74, 6) is 1.66. The molecule has 1 aliphatic rings. The van der Waals surface area contributed by atoms with E-state index in [-0.39, 0.29) is 12.5 Å². The number of nitrogens with zero attached hydrogens (tertiary/aromatic N) is 1. The number of hydrogen-bond donors (Lipinski definition) is 3. The van der Waals surface area contributed by atoms with E-state index < -0.39 is 6.10 Å². The van der Waals surface area contributed by atoms with Gasteiger partial charge in [0.1, 0.15) is 0 Å². The molecule has 0 spiro atoms. The van der Waals surface area contributed by atoms with Crippen LogP contribution in [0, 0.1) is 13.8 Å². The number of hydrogen-bond acceptors (Lipinski definition) is 4. The molecule has 26 heavy (non-hydrogen) atoms. The van der Waals surface area contributed by atoms with E-state index in [1.54, 1.807) is 0 Å². The number of rotatable bonds is 4. The molecular formula is C20H25N3O3. The maximum Gasteiger partial charge on any atom is 0.193 e. The largest absolute Gasteiger partial charge is 0.490 e. The summed E-state index contributed by atoms with van der Waals surface area (Å²) in [7, 11) is 0. The van der Waals surface area contributed by atoms with Gasteiger partial charge in [-0.1, -0.05) is 29.3 Å². The topological polar surface area (TPSA) is 89.1 Å². The molecule has 6 heteroatoms. The predicted molar refractivity (Wildman–Crippen MR) is 103 cm³/mol. The maximum absolute atomic E-state index is 10.3. The van der Waals surface area contributed by atoms with Crippen LogP contribution < -0.4 is 20.5 Å². The lowest BCUT2D eigenvalue weighted by Gasteiger charge is -2.13. The third-order valence-corrected chi connectivity index (χ3v) is 4.08. The Morgan fingerprint density at radius 1 is 1.12 bits per heavy atom. The van der Waals surface area contributed by atoms with Crippen molar-refractivity contribution >= 4 is 11.6 Å². The van der Waals surface area contributed by atoms with Crippen molar-refractivity contribution in [3.05, 3.63) is 53.1 Å². The third kappa shape index (κ3) is 4.67. The maximum atomic E-state index is 10.3. The molecule has 4 N–H and O–H groups in total. The van der Waals surface area contributed by atoms with E-state index in [0.717, 1.165) is 34.5 Å². The Kier molecular flexibility index (Phi) is 5.63. The van der Waals surface area contributed by atoms with E-state index in [2.05, 4.69) is 16.4 Å². The molecule has 3 rings (SSSR count). The molecule has 1 aliphatic heterocycles. The summed E-state index contributed by atoms with van der Waals surface area (Å²) in [5, 5.41) is 13.4. The van der Waals surface area contributed by atoms with Crippen LogP contribution in [0.15, 0.2) is 41.4 Å². The van der Waals surface area contributed by atoms with Crippen LogP contribution in [0.4, 0.5) is 5.69 Å². The summed E-state index contributed by atoms with van der Waals surface area (Å²) in [6.07, 6.45) is 0.162. The summed E-state index contributed by atoms with van der Waals surface area (Å²) < 4.78 is 11.3. The molecule has 6 nitrogen and oxygen atoms in total. The molecule has 0 fully saturated rings. The lowest BCUT2D eigenvalue weighted by molar-refractivity contribution is 0.187. The van der Waals surface area contributed by atoms with E-state index in [9.17, 15) is 5.11 Å². The van der Waals surface area contributed by atoms with E-state index in [1.165, 1.54) is 0 Å². The second-order valence-corrected chi connectivity index (χ2v) is 6.50. The summed E-state index contributed by atoms with van der Waals surface area (Å²) >= 11 is 0. The van der Waals surface area contributed by atoms with Gasteiger partial charge in [-0.2, -0.15) is 0 Å². The van der Waals surface area contributed by atoms with Gasteiger partial charge >= 0.3 is 0 Å². The van der Waals surface area contributed by atoms with Gasteiger partial charge in [-0.05, 0) is 31.5 Å². The zero-order chi connectivity index (χ0) is 18.5. The average Bonchev–Trinajstić information content (AvgIpc) is 2.83. The van der Waals surface area contributed by atoms with Gasteiger partial charge in [0, 0.05) is 18.2 Å². The van der Waals surface area contributed by atoms with E-state index in [4.69, 9.17) is 15.2 Å². The van der Waals surface area contributed by atoms with Crippen molar-refractivity contribution in [3.63, 3.8) is 0 Å². The normalized spacial score (nSPS) is 15.3. The first-order valence-electron chi connectivity index (χ1n) is 8.74. The van der Waals surface area contributed by atoms with Gasteiger partial charge in [-0.25, -0.2) is 0 Å². The minimum Gasteiger partial charge on any atom is -0.490 e. The van der Waals surface area contributed by atoms with Crippen LogP contribution >= 0.6 is 0 Å². The number of benzene rings is 2. The van der Waals surface area contributed by atoms with Crippen molar-refractivity contribution in [3.8, 4) is 11.5 Å². The Bertz CT molecular complexity index is 785. The molecule has 1 heterocycles. The van der Waals surface area contributed by atoms with Gasteiger partial charge in [-0.15, -0.1) is 0 Å². The van der Waals surface area contributed by atoms with Gasteiger partial charge < -0.3 is 25.6 Å². The van der Waals surface area contributed by atoms with Crippen LogP contribution in [0.2, 0.25) is 0 Å². The molecule has 0 aromatic heterocycles. The molecule has 2 aromatic rings. The molecule has 1 atom stereocenters. The average molecular weight is 355 g/mol. The Hall–Kier alpha value is -2.73. The first kappa shape index (κ1) is 18.1. The summed E-state index contributed by atoms with van der Waals surface area (Å²) in [6, 6.07) is 11.5. The minimum atomic E-state index is -0.697. The molecular weight excluding hydrogens is 330 g/mol. The van der Waals surface area contributed by atoms with Gasteiger partial charge in [0.15, 0.2) is 17.5 Å². The van der Waals surface area contributed by atoms with Gasteiger partial charge in [0.05, 0.1) is 25.9 Å². The quantitative estimate of drug-likeness (QED) is 0.580. The van der Waals surface area contributed by atoms with Crippen molar-refractivity contribution in [2.45, 2.75) is 26.4 Å². The number of guanidine groups is 1. The molecule has 2 aromatic carbocycles. The lowest BCUT2D eigenvalue weighted by atomic mass is 10.0. The first-order valence-corrected chi connectivity index (χ1v) is 8.74. The SMILES string of the molecule is Cc1cc(C)cc(C(O)CN=C(N)Nc2ccc3c(c2)OCCCO3)c1. The summed E-state index contributed by atoms with van der Waals surface area (Å²) in [4.78, 5) is 4.25. The fraction of sp³-hybridized carbons (Fsp3) is 0.350. The first-order chi connectivity index (χ1) is 12.5. The molecule has 0 saturated carbocycles. The fourth-order valence-corrected chi connectivity index (χ4v) is 2.92. The number of ether oxygens (including phenoxy) is 2. The van der Waals surface area contributed by atoms with Crippen molar-refractivity contribution in [2.24, 2.45) is 10.7 Å². The van der Waals surface area contributed by atoms with Gasteiger partial charge in [0.2, 0.25) is 0 Å². The molecule has 0 bridgehead atoms. The highest BCUT2D eigenvalue weighted by molar-refractivity contribution is 5.92. The number of aliphatic hydroxyl groups is 1. The summed E-state index contributed by atoms with van der Waals surface area (Å²) in [5.41, 5.74) is 9.78. The highest BCUT2D eigenvalue weighted by atomic mass is 16.5. The van der Waals surface area contributed by atoms with E-state index in [0.29, 0.717) is 19.0 Å². The van der Waals surface area contributed by atoms with Crippen molar-refractivity contribution in [1.82, 2.24) is 0 Å². The zero-order valence-corrected chi connectivity index (χ0v) is 15.2. The Balaban J connectivity index is 1.64. The Morgan fingerprint density at radius 2 is 1.81 bits per heavy atom. The van der Waals surface area contributed by atoms with Crippen LogP contribution in [-0.2, 0) is 0 Å². The van der Waals surface area contributed by atoms with Crippen LogP contribution in [-0.4, -0.2) is 30.8 Å². The number of nitrogens with two attached hydrogens (primary N) is 1. The number of aliphatic hydroxyl groups excluding tert-OH is 1. The smallest absolute Gasteiger partial charge is 0.193 e. The number of nitrogens with one attached hydrogen (secondary N) is 1. The van der Waals surface area contributed by atoms with Crippen LogP contribution in [0.3, 0.4) is 0 Å². The second kappa shape index (κ2) is 8.10. The number of anilines is 1. The Morgan fingerprint density at radius 3 is 2.54 bits per heavy atom. The molecule has 0 amide bonds. The van der Waals surface area contributed by atoms with Crippen molar-refractivity contribution in [2.75, 3.05) is 25.1 Å². The Labute approximate surface area is 153 Å². The van der Waals surface area contributed by atoms with Crippen molar-refractivity contribution in [1.29, 1.82) is 0 Å². The second-order valence-electron chi connectivity index (χ2n) is 6.50. The molecule has 138 valence electrons. The van der Waals surface area contributed by atoms with Gasteiger partial charge in [0.25, 0.3) is 0 Å². The molecule has 0 aliphatic carbocycles. The lowest BCUT2D eigenvalue weighted by Crippen LogP contribution is -2.23. The summed E-state index contributed by atoms with van der Waals surface area (Å²) in [6.45, 7) is 5.48. The van der Waals surface area contributed by atoms with E-state index >= 15 is 0 Å². The van der Waals surface area contributed by atoms with E-state index in [1.807, 2.05) is 44.2 Å². The number of aliphatic imine (C=N–C) groups is 1. The number of fused-ring (bicyclic) bond motifs is 1. The minimum absolute atomic E-state index is 0.187. The zero-order valence-electron chi connectivity index (χ0n) is 15.2. The highest BCUT2D eigenvalue weighted by Gasteiger charge is 2.11. The van der Waals surface area contributed by atoms with Gasteiger partial charge in [-0.3, -0.25) is 4.99 Å². The molecule has 0 radical (unpaired) electrons. The van der Waals surface area contributed by atoms with Crippen LogP contribution in [0.5, 0.6) is 11.5 Å². The number of aryl methyl sites for hydroxylation is 2. The van der Waals surface area contributed by atoms with Crippen LogP contribution in [0.25, 0.3) is 0 Å². The fourth-order valence-electron chi connectivity index (χ4n) is 2.92. The third-order valence-electron chi connectivity index (χ3n) is 4.08. The van der Waals surface area contributed by atoms with Crippen molar-refractivity contribution < 1.29 is 14.6 Å². The standard InChI is InChI=1S/C20H25N3O3/c1-13-8-14(2)10-15(9-13)17(24)12-22-20(21)23-16-4-5-18-19(11-16)26-7-3-6-25-18/h4-5,8-11,17,24H,3,6-7,12H2,1-2H3,(H3,21,22,23).